The lowest BCUT2D eigenvalue weighted by Crippen LogP contribution is -3.19. The number of piperazine rings is 1. The van der Waals surface area contributed by atoms with Crippen molar-refractivity contribution in [3.63, 3.8) is 0 Å². The molecule has 140 valence electrons. The SMILES string of the molecule is Cc1c(Cl)cccc1N1C(=O)C[C@H]([NH+]2CCN(c3cccc[nH+]3)CC2)C1=O. The second-order valence-corrected chi connectivity index (χ2v) is 7.51. The summed E-state index contributed by atoms with van der Waals surface area (Å²) in [6.07, 6.45) is 2.18. The van der Waals surface area contributed by atoms with Gasteiger partial charge in [-0.1, -0.05) is 23.7 Å². The van der Waals surface area contributed by atoms with Crippen LogP contribution in [0.3, 0.4) is 0 Å². The molecule has 2 N–H and O–H groups in total. The van der Waals surface area contributed by atoms with Crippen molar-refractivity contribution in [3.05, 3.63) is 53.2 Å². The number of carbonyl (C=O) groups excluding carboxylic acids is 2. The lowest BCUT2D eigenvalue weighted by molar-refractivity contribution is -0.915. The van der Waals surface area contributed by atoms with Crippen molar-refractivity contribution in [2.75, 3.05) is 36.0 Å². The van der Waals surface area contributed by atoms with Crippen LogP contribution in [0.1, 0.15) is 12.0 Å². The quantitative estimate of drug-likeness (QED) is 0.781. The zero-order valence-electron chi connectivity index (χ0n) is 15.2. The van der Waals surface area contributed by atoms with E-state index in [9.17, 15) is 9.59 Å². The summed E-state index contributed by atoms with van der Waals surface area (Å²) >= 11 is 6.18. The van der Waals surface area contributed by atoms with E-state index in [0.29, 0.717) is 10.7 Å². The number of nitrogens with zero attached hydrogens (tertiary/aromatic N) is 2. The van der Waals surface area contributed by atoms with Crippen molar-refractivity contribution >= 4 is 34.9 Å². The first-order valence-corrected chi connectivity index (χ1v) is 9.62. The Morgan fingerprint density at radius 3 is 2.59 bits per heavy atom. The molecule has 2 aliphatic rings. The van der Waals surface area contributed by atoms with Gasteiger partial charge in [0.2, 0.25) is 5.91 Å². The normalized spacial score (nSPS) is 21.2. The third-order valence-electron chi connectivity index (χ3n) is 5.56. The minimum Gasteiger partial charge on any atom is -0.318 e. The molecule has 0 saturated carbocycles. The molecule has 7 heteroatoms. The van der Waals surface area contributed by atoms with Gasteiger partial charge in [0.05, 0.1) is 18.3 Å². The van der Waals surface area contributed by atoms with Gasteiger partial charge in [0.15, 0.2) is 6.04 Å². The number of hydrogen-bond acceptors (Lipinski definition) is 3. The Balaban J connectivity index is 1.48. The summed E-state index contributed by atoms with van der Waals surface area (Å²) in [5.74, 6) is 0.836. The van der Waals surface area contributed by atoms with Crippen LogP contribution in [-0.2, 0) is 9.59 Å². The summed E-state index contributed by atoms with van der Waals surface area (Å²) in [6.45, 7) is 5.20. The van der Waals surface area contributed by atoms with Crippen molar-refractivity contribution in [3.8, 4) is 0 Å². The lowest BCUT2D eigenvalue weighted by atomic mass is 10.1. The first-order chi connectivity index (χ1) is 13.1. The molecule has 2 aromatic rings. The average Bonchev–Trinajstić information content (AvgIpc) is 2.99. The molecule has 4 rings (SSSR count). The Morgan fingerprint density at radius 2 is 1.89 bits per heavy atom. The van der Waals surface area contributed by atoms with Crippen molar-refractivity contribution in [1.29, 1.82) is 0 Å². The van der Waals surface area contributed by atoms with E-state index >= 15 is 0 Å². The fraction of sp³-hybridized carbons (Fsp3) is 0.350. The summed E-state index contributed by atoms with van der Waals surface area (Å²) in [5.41, 5.74) is 1.37. The van der Waals surface area contributed by atoms with Crippen LogP contribution in [0.4, 0.5) is 11.5 Å². The van der Waals surface area contributed by atoms with E-state index in [-0.39, 0.29) is 24.3 Å². The number of nitrogens with one attached hydrogen (secondary N) is 2. The predicted molar refractivity (Wildman–Crippen MR) is 103 cm³/mol. The minimum absolute atomic E-state index is 0.111. The molecule has 2 saturated heterocycles. The van der Waals surface area contributed by atoms with Crippen molar-refractivity contribution < 1.29 is 19.5 Å². The number of H-pyrrole nitrogens is 1. The van der Waals surface area contributed by atoms with Crippen LogP contribution in [-0.4, -0.2) is 44.0 Å². The van der Waals surface area contributed by atoms with E-state index in [0.717, 1.165) is 37.6 Å². The maximum atomic E-state index is 13.1. The highest BCUT2D eigenvalue weighted by Gasteiger charge is 2.47. The van der Waals surface area contributed by atoms with Gasteiger partial charge in [-0.25, -0.2) is 9.88 Å². The Hall–Kier alpha value is -2.44. The van der Waals surface area contributed by atoms with Crippen LogP contribution in [0.15, 0.2) is 42.6 Å². The smallest absolute Gasteiger partial charge is 0.292 e. The number of rotatable bonds is 3. The number of aromatic amines is 1. The van der Waals surface area contributed by atoms with E-state index in [4.69, 9.17) is 11.6 Å². The molecule has 3 heterocycles. The molecule has 1 atom stereocenters. The second-order valence-electron chi connectivity index (χ2n) is 7.10. The number of imide groups is 1. The number of halogens is 1. The average molecular weight is 387 g/mol. The van der Waals surface area contributed by atoms with E-state index in [1.807, 2.05) is 25.3 Å². The number of aromatic nitrogens is 1. The van der Waals surface area contributed by atoms with Gasteiger partial charge in [0.1, 0.15) is 26.2 Å². The van der Waals surface area contributed by atoms with Crippen LogP contribution in [0.5, 0.6) is 0 Å². The largest absolute Gasteiger partial charge is 0.318 e. The Morgan fingerprint density at radius 1 is 1.11 bits per heavy atom. The summed E-state index contributed by atoms with van der Waals surface area (Å²) < 4.78 is 0. The molecule has 0 radical (unpaired) electrons. The Bertz CT molecular complexity index is 866. The van der Waals surface area contributed by atoms with E-state index in [1.165, 1.54) is 9.80 Å². The third kappa shape index (κ3) is 3.31. The number of anilines is 2. The van der Waals surface area contributed by atoms with Crippen LogP contribution in [0.25, 0.3) is 0 Å². The molecule has 0 bridgehead atoms. The first kappa shape index (κ1) is 17.9. The molecular formula is C20H23ClN4O2+2. The summed E-state index contributed by atoms with van der Waals surface area (Å²) in [6, 6.07) is 11.1. The second kappa shape index (κ2) is 7.29. The van der Waals surface area contributed by atoms with Gasteiger partial charge in [0.25, 0.3) is 11.7 Å². The van der Waals surface area contributed by atoms with Crippen molar-refractivity contribution in [2.24, 2.45) is 0 Å². The maximum Gasteiger partial charge on any atom is 0.292 e. The van der Waals surface area contributed by atoms with Crippen LogP contribution in [0, 0.1) is 6.92 Å². The molecule has 1 aromatic heterocycles. The summed E-state index contributed by atoms with van der Waals surface area (Å²) in [4.78, 5) is 33.7. The zero-order valence-corrected chi connectivity index (χ0v) is 16.0. The van der Waals surface area contributed by atoms with E-state index in [1.54, 1.807) is 18.2 Å². The number of carbonyl (C=O) groups is 2. The number of hydrogen-bond donors (Lipinski definition) is 1. The topological polar surface area (TPSA) is 59.2 Å². The highest BCUT2D eigenvalue weighted by Crippen LogP contribution is 2.30. The van der Waals surface area contributed by atoms with Crippen molar-refractivity contribution in [2.45, 2.75) is 19.4 Å². The molecule has 2 fully saturated rings. The lowest BCUT2D eigenvalue weighted by Gasteiger charge is -2.31. The molecule has 0 aliphatic carbocycles. The van der Waals surface area contributed by atoms with Gasteiger partial charge in [-0.15, -0.1) is 0 Å². The standard InChI is InChI=1S/C20H21ClN4O2/c1-14-15(21)5-4-6-16(14)25-19(26)13-17(20(25)27)23-9-11-24(12-10-23)18-7-2-3-8-22-18/h2-8,17H,9-13H2,1H3/p+2/t17-/m0/s1. The Labute approximate surface area is 163 Å². The number of benzene rings is 1. The van der Waals surface area contributed by atoms with E-state index in [2.05, 4.69) is 16.0 Å². The molecule has 0 unspecified atom stereocenters. The monoisotopic (exact) mass is 386 g/mol. The zero-order chi connectivity index (χ0) is 19.0. The number of quaternary nitrogens is 1. The summed E-state index contributed by atoms with van der Waals surface area (Å²) in [7, 11) is 0. The molecule has 2 amide bonds. The first-order valence-electron chi connectivity index (χ1n) is 9.24. The van der Waals surface area contributed by atoms with Crippen LogP contribution in [0.2, 0.25) is 5.02 Å². The maximum absolute atomic E-state index is 13.1. The van der Waals surface area contributed by atoms with Gasteiger partial charge < -0.3 is 4.90 Å². The highest BCUT2D eigenvalue weighted by atomic mass is 35.5. The minimum atomic E-state index is -0.308. The third-order valence-corrected chi connectivity index (χ3v) is 5.97. The molecular weight excluding hydrogens is 364 g/mol. The highest BCUT2D eigenvalue weighted by molar-refractivity contribution is 6.32. The molecule has 0 spiro atoms. The van der Waals surface area contributed by atoms with Crippen LogP contribution >= 0.6 is 11.6 Å². The number of amides is 2. The van der Waals surface area contributed by atoms with Gasteiger partial charge in [0, 0.05) is 11.1 Å². The van der Waals surface area contributed by atoms with Gasteiger partial charge >= 0.3 is 0 Å². The fourth-order valence-electron chi connectivity index (χ4n) is 4.01. The molecule has 1 aromatic carbocycles. The van der Waals surface area contributed by atoms with Gasteiger partial charge in [-0.2, -0.15) is 0 Å². The van der Waals surface area contributed by atoms with Crippen molar-refractivity contribution in [1.82, 2.24) is 0 Å². The molecule has 2 aliphatic heterocycles. The van der Waals surface area contributed by atoms with Crippen LogP contribution < -0.4 is 19.7 Å². The summed E-state index contributed by atoms with van der Waals surface area (Å²) in [5, 5.41) is 0.566. The van der Waals surface area contributed by atoms with E-state index < -0.39 is 0 Å². The van der Waals surface area contributed by atoms with Gasteiger partial charge in [-0.3, -0.25) is 14.5 Å². The molecule has 6 nitrogen and oxygen atoms in total. The fourth-order valence-corrected chi connectivity index (χ4v) is 4.18. The predicted octanol–water partition coefficient (Wildman–Crippen LogP) is 0.500. The number of pyridine rings is 1. The molecule has 27 heavy (non-hydrogen) atoms. The van der Waals surface area contributed by atoms with Gasteiger partial charge in [-0.05, 0) is 30.7 Å². The Kier molecular flexibility index (Phi) is 4.85.